The van der Waals surface area contributed by atoms with Gasteiger partial charge in [0.2, 0.25) is 41.4 Å². The maximum atomic E-state index is 14.3. The van der Waals surface area contributed by atoms with Gasteiger partial charge < -0.3 is 63.9 Å². The predicted octanol–water partition coefficient (Wildman–Crippen LogP) is -1.96. The lowest BCUT2D eigenvalue weighted by Crippen LogP contribution is -2.59. The van der Waals surface area contributed by atoms with E-state index in [4.69, 9.17) is 27.1 Å². The van der Waals surface area contributed by atoms with Gasteiger partial charge in [-0.3, -0.25) is 48.1 Å². The number of unbranched alkanes of at least 4 members (excludes halogenated alkanes) is 1. The Kier molecular flexibility index (Phi) is 20.1. The third kappa shape index (κ3) is 16.9. The molecule has 1 aromatic carbocycles. The number of guanidine groups is 1. The molecule has 1 aromatic heterocycles. The molecule has 5 atom stereocenters. The lowest BCUT2D eigenvalue weighted by Gasteiger charge is -2.30. The average Bonchev–Trinajstić information content (AvgIpc) is 3.85. The van der Waals surface area contributed by atoms with Gasteiger partial charge in [0, 0.05) is 61.5 Å². The second-order valence-electron chi connectivity index (χ2n) is 14.0. The van der Waals surface area contributed by atoms with E-state index in [1.807, 2.05) is 18.2 Å². The van der Waals surface area contributed by atoms with E-state index in [0.29, 0.717) is 24.8 Å². The van der Waals surface area contributed by atoms with Gasteiger partial charge in [-0.2, -0.15) is 0 Å². The normalized spacial score (nSPS) is 22.5. The smallest absolute Gasteiger partial charge is 0.305 e. The number of rotatable bonds is 10. The van der Waals surface area contributed by atoms with Crippen molar-refractivity contribution in [2.75, 3.05) is 31.1 Å². The van der Waals surface area contributed by atoms with Gasteiger partial charge in [-0.25, -0.2) is 0 Å². The van der Waals surface area contributed by atoms with E-state index < -0.39 is 96.5 Å². The number of carboxylic acids is 2. The number of nitrogens with two attached hydrogens (primary N) is 3. The summed E-state index contributed by atoms with van der Waals surface area (Å²) in [6.45, 7) is 0.851. The van der Waals surface area contributed by atoms with Gasteiger partial charge in [0.1, 0.15) is 30.2 Å². The number of fused-ring (bicyclic) bond motifs is 2. The van der Waals surface area contributed by atoms with Crippen LogP contribution >= 0.6 is 21.6 Å². The number of hydrogen-bond acceptors (Lipinski definition) is 12. The molecule has 334 valence electrons. The second-order valence-corrected chi connectivity index (χ2v) is 16.6. The molecule has 2 fully saturated rings. The van der Waals surface area contributed by atoms with E-state index in [-0.39, 0.29) is 56.2 Å². The molecule has 3 heterocycles. The lowest BCUT2D eigenvalue weighted by atomic mass is 10.0. The number of para-hydroxylation sites is 1. The molecule has 7 amide bonds. The first kappa shape index (κ1) is 49.3. The Labute approximate surface area is 358 Å². The minimum Gasteiger partial charge on any atom is -0.481 e. The van der Waals surface area contributed by atoms with Crippen LogP contribution in [0.2, 0.25) is 0 Å². The number of nitrogens with zero attached hydrogens (tertiary/aromatic N) is 2. The molecule has 4 rings (SSSR count). The van der Waals surface area contributed by atoms with Crippen molar-refractivity contribution in [1.29, 1.82) is 0 Å². The van der Waals surface area contributed by atoms with Crippen molar-refractivity contribution < 1.29 is 53.4 Å². The standard InChI is InChI=1S/C35H49N11O9S2.C2H4O2/c36-30(51)25-18-57-56-13-10-27(47)42-22(8-3-4-11-39-35(37)38)31(52)41-17-28(48)43-23(15-29(49)50)32(53)44-24(14-19-16-40-21-7-2-1-6-20(19)21)34(55)46-12-5-9-26(46)33(54)45-25;1-2(3)4/h1-2,6-7,16,22-26,40H,3-5,8-15,17-18H2,(H2,36,51)(H,41,52)(H,42,47)(H,43,48)(H,44,53)(H,45,54)(H,49,50)(H4,37,38,39);1H3,(H,3,4)/t22-,23-,24-,25?,26-;/m0./s1. The van der Waals surface area contributed by atoms with Gasteiger partial charge in [-0.15, -0.1) is 0 Å². The highest BCUT2D eigenvalue weighted by molar-refractivity contribution is 8.76. The fourth-order valence-corrected chi connectivity index (χ4v) is 8.56. The molecule has 14 N–H and O–H groups in total. The Morgan fingerprint density at radius 1 is 0.869 bits per heavy atom. The summed E-state index contributed by atoms with van der Waals surface area (Å²) in [4.78, 5) is 123. The minimum atomic E-state index is -1.68. The number of aromatic amines is 1. The summed E-state index contributed by atoms with van der Waals surface area (Å²) in [6, 6.07) is 1.07. The summed E-state index contributed by atoms with van der Waals surface area (Å²) in [5, 5.41) is 30.5. The van der Waals surface area contributed by atoms with Gasteiger partial charge in [0.15, 0.2) is 5.96 Å². The summed E-state index contributed by atoms with van der Waals surface area (Å²) in [6.07, 6.45) is 2.48. The number of aliphatic carboxylic acids is 2. The van der Waals surface area contributed by atoms with Gasteiger partial charge in [0.05, 0.1) is 13.0 Å². The highest BCUT2D eigenvalue weighted by Crippen LogP contribution is 2.25. The number of carboxylic acid groups (broad SMARTS) is 2. The van der Waals surface area contributed by atoms with Crippen LogP contribution in [0.25, 0.3) is 10.9 Å². The molecule has 2 aromatic rings. The molecule has 2 aliphatic rings. The van der Waals surface area contributed by atoms with Crippen molar-refractivity contribution in [1.82, 2.24) is 36.5 Å². The zero-order valence-corrected chi connectivity index (χ0v) is 35.1. The zero-order chi connectivity index (χ0) is 45.1. The average molecular weight is 892 g/mol. The molecule has 24 heteroatoms. The van der Waals surface area contributed by atoms with Crippen LogP contribution < -0.4 is 43.8 Å². The SMILES string of the molecule is CC(=O)O.NC(=O)C1CSSCCC(=O)N[C@@H](CCCCN=C(N)N)C(=O)NCC(=O)N[C@@H](CC(=O)O)C(=O)N[C@@H](Cc2c[nH]c3ccccc23)C(=O)N2CCC[C@H]2C(=O)N1. The van der Waals surface area contributed by atoms with Crippen molar-refractivity contribution in [3.63, 3.8) is 0 Å². The number of H-pyrrole nitrogens is 1. The molecule has 0 spiro atoms. The zero-order valence-electron chi connectivity index (χ0n) is 33.5. The van der Waals surface area contributed by atoms with Crippen LogP contribution in [0.15, 0.2) is 35.5 Å². The number of hydrogen-bond donors (Lipinski definition) is 11. The highest BCUT2D eigenvalue weighted by atomic mass is 33.1. The van der Waals surface area contributed by atoms with Crippen molar-refractivity contribution in [2.45, 2.75) is 88.5 Å². The Morgan fingerprint density at radius 2 is 1.57 bits per heavy atom. The lowest BCUT2D eigenvalue weighted by molar-refractivity contribution is -0.143. The molecule has 2 saturated heterocycles. The number of carbonyl (C=O) groups is 9. The van der Waals surface area contributed by atoms with Crippen molar-refractivity contribution >= 4 is 91.7 Å². The predicted molar refractivity (Wildman–Crippen MR) is 226 cm³/mol. The molecule has 0 bridgehead atoms. The molecular weight excluding hydrogens is 839 g/mol. The van der Waals surface area contributed by atoms with Crippen LogP contribution in [0.4, 0.5) is 0 Å². The molecule has 0 aliphatic carbocycles. The topological polar surface area (TPSA) is 364 Å². The number of nitrogens with one attached hydrogen (secondary N) is 6. The summed E-state index contributed by atoms with van der Waals surface area (Å²) in [5.74, 6) is -7.18. The molecule has 61 heavy (non-hydrogen) atoms. The van der Waals surface area contributed by atoms with E-state index in [1.54, 1.807) is 12.3 Å². The fourth-order valence-electron chi connectivity index (χ4n) is 6.39. The molecule has 0 radical (unpaired) electrons. The first-order chi connectivity index (χ1) is 29.0. The molecule has 0 saturated carbocycles. The van der Waals surface area contributed by atoms with Gasteiger partial charge in [0.25, 0.3) is 5.97 Å². The molecule has 1 unspecified atom stereocenters. The molecular formula is C37H53N11O11S2. The Morgan fingerprint density at radius 3 is 2.26 bits per heavy atom. The van der Waals surface area contributed by atoms with E-state index in [2.05, 4.69) is 36.6 Å². The van der Waals surface area contributed by atoms with E-state index in [9.17, 15) is 43.5 Å². The first-order valence-corrected chi connectivity index (χ1v) is 21.8. The fraction of sp³-hybridized carbons (Fsp3) is 0.514. The van der Waals surface area contributed by atoms with Crippen LogP contribution in [0, 0.1) is 0 Å². The monoisotopic (exact) mass is 891 g/mol. The Bertz CT molecular complexity index is 1940. The van der Waals surface area contributed by atoms with Crippen LogP contribution in [0.1, 0.15) is 57.4 Å². The van der Waals surface area contributed by atoms with Gasteiger partial charge in [-0.1, -0.05) is 39.8 Å². The number of primary amides is 1. The third-order valence-corrected chi connectivity index (χ3v) is 11.7. The van der Waals surface area contributed by atoms with Gasteiger partial charge in [-0.05, 0) is 43.7 Å². The summed E-state index contributed by atoms with van der Waals surface area (Å²) in [7, 11) is 2.45. The van der Waals surface area contributed by atoms with E-state index >= 15 is 0 Å². The quantitative estimate of drug-likeness (QED) is 0.0534. The van der Waals surface area contributed by atoms with E-state index in [0.717, 1.165) is 17.8 Å². The van der Waals surface area contributed by atoms with Crippen molar-refractivity contribution in [3.8, 4) is 0 Å². The Balaban J connectivity index is 0.00000237. The number of benzene rings is 1. The minimum absolute atomic E-state index is 0.0195. The molecule has 22 nitrogen and oxygen atoms in total. The van der Waals surface area contributed by atoms with Crippen LogP contribution in [0.3, 0.4) is 0 Å². The Hall–Kier alpha value is -6.04. The summed E-state index contributed by atoms with van der Waals surface area (Å²) in [5.41, 5.74) is 17.8. The first-order valence-electron chi connectivity index (χ1n) is 19.3. The second kappa shape index (κ2) is 24.9. The van der Waals surface area contributed by atoms with Crippen molar-refractivity contribution in [3.05, 3.63) is 36.0 Å². The maximum Gasteiger partial charge on any atom is 0.305 e. The van der Waals surface area contributed by atoms with Crippen LogP contribution in [0.5, 0.6) is 0 Å². The van der Waals surface area contributed by atoms with E-state index in [1.165, 1.54) is 26.5 Å². The van der Waals surface area contributed by atoms with Crippen LogP contribution in [-0.4, -0.2) is 141 Å². The third-order valence-electron chi connectivity index (χ3n) is 9.24. The molecule has 2 aliphatic heterocycles. The largest absolute Gasteiger partial charge is 0.481 e. The highest BCUT2D eigenvalue weighted by Gasteiger charge is 2.40. The number of amides is 7. The van der Waals surface area contributed by atoms with Gasteiger partial charge >= 0.3 is 5.97 Å². The number of carbonyl (C=O) groups excluding carboxylic acids is 7. The number of aromatic nitrogens is 1. The van der Waals surface area contributed by atoms with Crippen LogP contribution in [-0.2, 0) is 49.6 Å². The van der Waals surface area contributed by atoms with Crippen molar-refractivity contribution in [2.24, 2.45) is 22.2 Å². The summed E-state index contributed by atoms with van der Waals surface area (Å²) < 4.78 is 0. The summed E-state index contributed by atoms with van der Waals surface area (Å²) >= 11 is 0. The maximum absolute atomic E-state index is 14.3. The number of aliphatic imine (C=N–C) groups is 1.